The minimum Gasteiger partial charge on any atom is -0.468 e. The zero-order chi connectivity index (χ0) is 13.8. The molecule has 2 heterocycles. The van der Waals surface area contributed by atoms with E-state index in [1.54, 1.807) is 0 Å². The zero-order valence-corrected chi connectivity index (χ0v) is 12.8. The molecular weight excluding hydrogens is 236 g/mol. The van der Waals surface area contributed by atoms with Crippen LogP contribution in [0.4, 0.5) is 0 Å². The number of hydrogen-bond donors (Lipinski definition) is 1. The molecule has 0 saturated carbocycles. The van der Waals surface area contributed by atoms with E-state index >= 15 is 0 Å². The van der Waals surface area contributed by atoms with Crippen LogP contribution in [0, 0.1) is 5.92 Å². The predicted molar refractivity (Wildman–Crippen MR) is 79.0 cm³/mol. The molecule has 1 N–H and O–H groups in total. The van der Waals surface area contributed by atoms with Crippen molar-refractivity contribution in [1.29, 1.82) is 0 Å². The number of likely N-dealkylation sites (tertiary alicyclic amines) is 1. The topological polar surface area (TPSA) is 28.4 Å². The van der Waals surface area contributed by atoms with Crippen LogP contribution < -0.4 is 5.32 Å². The van der Waals surface area contributed by atoms with Gasteiger partial charge in [-0.05, 0) is 31.4 Å². The fraction of sp³-hybridized carbons (Fsp3) is 0.750. The van der Waals surface area contributed by atoms with E-state index in [0.29, 0.717) is 6.04 Å². The van der Waals surface area contributed by atoms with E-state index in [4.69, 9.17) is 4.42 Å². The van der Waals surface area contributed by atoms with Gasteiger partial charge >= 0.3 is 0 Å². The molecule has 0 aromatic carbocycles. The molecule has 3 heteroatoms. The smallest absolute Gasteiger partial charge is 0.118 e. The molecule has 19 heavy (non-hydrogen) atoms. The van der Waals surface area contributed by atoms with E-state index in [0.717, 1.165) is 30.8 Å². The molecule has 1 saturated heterocycles. The highest BCUT2D eigenvalue weighted by atomic mass is 16.3. The van der Waals surface area contributed by atoms with Gasteiger partial charge in [0.2, 0.25) is 0 Å². The van der Waals surface area contributed by atoms with Crippen molar-refractivity contribution in [3.8, 4) is 0 Å². The molecule has 0 spiro atoms. The van der Waals surface area contributed by atoms with E-state index in [2.05, 4.69) is 44.0 Å². The molecular formula is C16H28N2O. The summed E-state index contributed by atoms with van der Waals surface area (Å²) in [7, 11) is 0. The van der Waals surface area contributed by atoms with Crippen LogP contribution >= 0.6 is 0 Å². The van der Waals surface area contributed by atoms with E-state index < -0.39 is 0 Å². The third-order valence-electron chi connectivity index (χ3n) is 3.97. The zero-order valence-electron chi connectivity index (χ0n) is 12.8. The molecule has 1 unspecified atom stereocenters. The minimum atomic E-state index is 0.516. The number of furan rings is 1. The summed E-state index contributed by atoms with van der Waals surface area (Å²) in [4.78, 5) is 2.57. The lowest BCUT2D eigenvalue weighted by Gasteiger charge is -2.26. The molecule has 1 atom stereocenters. The maximum absolute atomic E-state index is 5.71. The summed E-state index contributed by atoms with van der Waals surface area (Å²) in [6.45, 7) is 12.0. The van der Waals surface area contributed by atoms with E-state index in [1.807, 2.05) is 6.26 Å². The molecule has 0 radical (unpaired) electrons. The maximum Gasteiger partial charge on any atom is 0.118 e. The van der Waals surface area contributed by atoms with Gasteiger partial charge in [0, 0.05) is 24.2 Å². The molecule has 2 rings (SSSR count). The van der Waals surface area contributed by atoms with Gasteiger partial charge in [-0.3, -0.25) is 4.90 Å². The third-order valence-corrected chi connectivity index (χ3v) is 3.97. The summed E-state index contributed by atoms with van der Waals surface area (Å²) in [5, 5.41) is 3.42. The molecule has 0 amide bonds. The Kier molecular flexibility index (Phi) is 5.06. The summed E-state index contributed by atoms with van der Waals surface area (Å²) >= 11 is 0. The SMILES string of the molecule is CC(C)NCc1coc(CN2CCCC2C(C)C)c1. The Morgan fingerprint density at radius 1 is 1.37 bits per heavy atom. The molecule has 1 aliphatic rings. The van der Waals surface area contributed by atoms with Crippen LogP contribution in [0.25, 0.3) is 0 Å². The van der Waals surface area contributed by atoms with Gasteiger partial charge in [0.1, 0.15) is 5.76 Å². The highest BCUT2D eigenvalue weighted by Crippen LogP contribution is 2.25. The molecule has 1 fully saturated rings. The van der Waals surface area contributed by atoms with Crippen molar-refractivity contribution in [3.63, 3.8) is 0 Å². The Labute approximate surface area is 117 Å². The summed E-state index contributed by atoms with van der Waals surface area (Å²) in [5.74, 6) is 1.84. The largest absolute Gasteiger partial charge is 0.468 e. The second kappa shape index (κ2) is 6.58. The summed E-state index contributed by atoms with van der Waals surface area (Å²) < 4.78 is 5.71. The van der Waals surface area contributed by atoms with Crippen molar-refractivity contribution in [2.75, 3.05) is 6.54 Å². The van der Waals surface area contributed by atoms with Crippen LogP contribution in [0.5, 0.6) is 0 Å². The first-order chi connectivity index (χ1) is 9.06. The quantitative estimate of drug-likeness (QED) is 0.853. The standard InChI is InChI=1S/C16H28N2O/c1-12(2)16-6-5-7-18(16)10-15-8-14(11-19-15)9-17-13(3)4/h8,11-13,16-17H,5-7,9-10H2,1-4H3. The Morgan fingerprint density at radius 3 is 2.84 bits per heavy atom. The first-order valence-electron chi connectivity index (χ1n) is 7.60. The highest BCUT2D eigenvalue weighted by molar-refractivity contribution is 5.13. The summed E-state index contributed by atoms with van der Waals surface area (Å²) in [6.07, 6.45) is 4.55. The van der Waals surface area contributed by atoms with Gasteiger partial charge in [-0.25, -0.2) is 0 Å². The van der Waals surface area contributed by atoms with E-state index in [9.17, 15) is 0 Å². The second-order valence-corrected chi connectivity index (χ2v) is 6.38. The van der Waals surface area contributed by atoms with Gasteiger partial charge in [-0.15, -0.1) is 0 Å². The lowest BCUT2D eigenvalue weighted by atomic mass is 10.0. The first-order valence-corrected chi connectivity index (χ1v) is 7.60. The highest BCUT2D eigenvalue weighted by Gasteiger charge is 2.27. The van der Waals surface area contributed by atoms with Crippen LogP contribution in [0.15, 0.2) is 16.7 Å². The van der Waals surface area contributed by atoms with Crippen LogP contribution in [-0.4, -0.2) is 23.5 Å². The summed E-state index contributed by atoms with van der Waals surface area (Å²) in [5.41, 5.74) is 1.25. The van der Waals surface area contributed by atoms with Crippen molar-refractivity contribution in [1.82, 2.24) is 10.2 Å². The Balaban J connectivity index is 1.89. The van der Waals surface area contributed by atoms with Gasteiger partial charge in [0.15, 0.2) is 0 Å². The molecule has 3 nitrogen and oxygen atoms in total. The minimum absolute atomic E-state index is 0.516. The lowest BCUT2D eigenvalue weighted by Crippen LogP contribution is -2.32. The van der Waals surface area contributed by atoms with Crippen molar-refractivity contribution in [3.05, 3.63) is 23.7 Å². The molecule has 108 valence electrons. The van der Waals surface area contributed by atoms with Gasteiger partial charge in [0.25, 0.3) is 0 Å². The monoisotopic (exact) mass is 264 g/mol. The average Bonchev–Trinajstić information content (AvgIpc) is 2.96. The van der Waals surface area contributed by atoms with Gasteiger partial charge in [0.05, 0.1) is 12.8 Å². The fourth-order valence-corrected chi connectivity index (χ4v) is 2.93. The van der Waals surface area contributed by atoms with E-state index in [1.165, 1.54) is 24.9 Å². The molecule has 1 aromatic rings. The normalized spacial score (nSPS) is 20.8. The predicted octanol–water partition coefficient (Wildman–Crippen LogP) is 3.40. The first kappa shape index (κ1) is 14.6. The van der Waals surface area contributed by atoms with Crippen molar-refractivity contribution >= 4 is 0 Å². The number of hydrogen-bond acceptors (Lipinski definition) is 3. The lowest BCUT2D eigenvalue weighted by molar-refractivity contribution is 0.185. The molecule has 0 bridgehead atoms. The van der Waals surface area contributed by atoms with Crippen molar-refractivity contribution in [2.45, 2.75) is 65.7 Å². The van der Waals surface area contributed by atoms with Crippen LogP contribution in [0.1, 0.15) is 51.9 Å². The second-order valence-electron chi connectivity index (χ2n) is 6.38. The van der Waals surface area contributed by atoms with E-state index in [-0.39, 0.29) is 0 Å². The molecule has 1 aliphatic heterocycles. The summed E-state index contributed by atoms with van der Waals surface area (Å²) in [6, 6.07) is 3.44. The number of nitrogens with one attached hydrogen (secondary N) is 1. The maximum atomic E-state index is 5.71. The molecule has 0 aliphatic carbocycles. The van der Waals surface area contributed by atoms with Crippen LogP contribution in [0.2, 0.25) is 0 Å². The van der Waals surface area contributed by atoms with Gasteiger partial charge in [-0.1, -0.05) is 27.7 Å². The number of nitrogens with zero attached hydrogens (tertiary/aromatic N) is 1. The Hall–Kier alpha value is -0.800. The average molecular weight is 264 g/mol. The Morgan fingerprint density at radius 2 is 2.16 bits per heavy atom. The van der Waals surface area contributed by atoms with Crippen molar-refractivity contribution in [2.24, 2.45) is 5.92 Å². The van der Waals surface area contributed by atoms with Crippen LogP contribution in [-0.2, 0) is 13.1 Å². The van der Waals surface area contributed by atoms with Crippen LogP contribution in [0.3, 0.4) is 0 Å². The third kappa shape index (κ3) is 4.08. The van der Waals surface area contributed by atoms with Crippen molar-refractivity contribution < 1.29 is 4.42 Å². The van der Waals surface area contributed by atoms with Gasteiger partial charge in [-0.2, -0.15) is 0 Å². The van der Waals surface area contributed by atoms with Gasteiger partial charge < -0.3 is 9.73 Å². The molecule has 1 aromatic heterocycles. The fourth-order valence-electron chi connectivity index (χ4n) is 2.93. The Bertz CT molecular complexity index is 384. The number of rotatable bonds is 6.